The van der Waals surface area contributed by atoms with Gasteiger partial charge in [0, 0.05) is 31.7 Å². The number of likely N-dealkylation sites (N-methyl/N-ethyl adjacent to an activating group) is 1. The third kappa shape index (κ3) is 2.18. The quantitative estimate of drug-likeness (QED) is 0.812. The number of aryl methyl sites for hydroxylation is 1. The van der Waals surface area contributed by atoms with E-state index in [1.54, 1.807) is 4.90 Å². The summed E-state index contributed by atoms with van der Waals surface area (Å²) < 4.78 is 0. The average Bonchev–Trinajstić information content (AvgIpc) is 2.35. The van der Waals surface area contributed by atoms with Crippen LogP contribution in [0.1, 0.15) is 23.6 Å². The molecule has 1 heterocycles. The number of hydrogen-bond donors (Lipinski definition) is 2. The van der Waals surface area contributed by atoms with Gasteiger partial charge in [-0.05, 0) is 30.7 Å². The minimum Gasteiger partial charge on any atom is -0.329 e. The summed E-state index contributed by atoms with van der Waals surface area (Å²) in [7, 11) is 3.74. The van der Waals surface area contributed by atoms with E-state index in [4.69, 9.17) is 5.73 Å². The number of carbonyl (C=O) groups is 1. The second kappa shape index (κ2) is 4.85. The molecule has 1 amide bonds. The molecule has 4 heteroatoms. The molecule has 3 N–H and O–H groups in total. The summed E-state index contributed by atoms with van der Waals surface area (Å²) >= 11 is 0. The predicted octanol–water partition coefficient (Wildman–Crippen LogP) is 0.815. The molecule has 1 aromatic rings. The molecule has 2 rings (SSSR count). The normalized spacial score (nSPS) is 16.9. The molecule has 0 aromatic heterocycles. The van der Waals surface area contributed by atoms with Gasteiger partial charge in [-0.15, -0.1) is 0 Å². The molecule has 17 heavy (non-hydrogen) atoms. The van der Waals surface area contributed by atoms with Gasteiger partial charge in [0.2, 0.25) is 5.91 Å². The van der Waals surface area contributed by atoms with Crippen LogP contribution in [0.15, 0.2) is 18.2 Å². The van der Waals surface area contributed by atoms with Crippen LogP contribution < -0.4 is 16.0 Å². The number of nitrogens with zero attached hydrogens (tertiary/aromatic N) is 1. The van der Waals surface area contributed by atoms with E-state index in [0.717, 1.165) is 12.1 Å². The Hall–Kier alpha value is -1.39. The fourth-order valence-corrected chi connectivity index (χ4v) is 2.31. The standard InChI is InChI=1S/C13H19N3O/c1-15-11(8-14)9-3-5-12-10(7-9)4-6-13(17)16(12)2/h3,5,7,11,15H,4,6,8,14H2,1-2H3. The molecule has 0 radical (unpaired) electrons. The maximum atomic E-state index is 11.6. The van der Waals surface area contributed by atoms with Gasteiger partial charge in [0.15, 0.2) is 0 Å². The van der Waals surface area contributed by atoms with Crippen LogP contribution in [-0.4, -0.2) is 26.5 Å². The maximum Gasteiger partial charge on any atom is 0.227 e. The molecule has 1 unspecified atom stereocenters. The van der Waals surface area contributed by atoms with Crippen molar-refractivity contribution in [2.45, 2.75) is 18.9 Å². The van der Waals surface area contributed by atoms with Gasteiger partial charge in [-0.2, -0.15) is 0 Å². The summed E-state index contributed by atoms with van der Waals surface area (Å²) in [6.07, 6.45) is 1.42. The number of benzene rings is 1. The Morgan fingerprint density at radius 2 is 2.24 bits per heavy atom. The van der Waals surface area contributed by atoms with E-state index in [1.807, 2.05) is 26.2 Å². The fraction of sp³-hybridized carbons (Fsp3) is 0.462. The monoisotopic (exact) mass is 233 g/mol. The van der Waals surface area contributed by atoms with Crippen LogP contribution >= 0.6 is 0 Å². The molecule has 0 spiro atoms. The molecule has 92 valence electrons. The number of rotatable bonds is 3. The molecule has 0 fully saturated rings. The minimum absolute atomic E-state index is 0.184. The Morgan fingerprint density at radius 3 is 2.88 bits per heavy atom. The lowest BCUT2D eigenvalue weighted by atomic mass is 9.96. The Balaban J connectivity index is 2.35. The second-order valence-electron chi connectivity index (χ2n) is 4.42. The summed E-state index contributed by atoms with van der Waals surface area (Å²) in [6.45, 7) is 0.573. The largest absolute Gasteiger partial charge is 0.329 e. The van der Waals surface area contributed by atoms with Crippen molar-refractivity contribution in [3.8, 4) is 0 Å². The zero-order valence-electron chi connectivity index (χ0n) is 10.4. The van der Waals surface area contributed by atoms with Crippen LogP contribution in [0.2, 0.25) is 0 Å². The highest BCUT2D eigenvalue weighted by Gasteiger charge is 2.21. The van der Waals surface area contributed by atoms with Gasteiger partial charge in [0.1, 0.15) is 0 Å². The van der Waals surface area contributed by atoms with Crippen molar-refractivity contribution < 1.29 is 4.79 Å². The molecule has 0 saturated carbocycles. The van der Waals surface area contributed by atoms with Crippen molar-refractivity contribution in [1.82, 2.24) is 5.32 Å². The number of hydrogen-bond acceptors (Lipinski definition) is 3. The van der Waals surface area contributed by atoms with E-state index in [-0.39, 0.29) is 11.9 Å². The van der Waals surface area contributed by atoms with Crippen molar-refractivity contribution in [2.24, 2.45) is 5.73 Å². The molecular weight excluding hydrogens is 214 g/mol. The highest BCUT2D eigenvalue weighted by molar-refractivity contribution is 5.95. The van der Waals surface area contributed by atoms with Crippen LogP contribution in [0.3, 0.4) is 0 Å². The number of amides is 1. The lowest BCUT2D eigenvalue weighted by molar-refractivity contribution is -0.118. The van der Waals surface area contributed by atoms with E-state index in [2.05, 4.69) is 11.4 Å². The van der Waals surface area contributed by atoms with Crippen LogP contribution in [-0.2, 0) is 11.2 Å². The number of nitrogens with two attached hydrogens (primary N) is 1. The van der Waals surface area contributed by atoms with Crippen molar-refractivity contribution >= 4 is 11.6 Å². The Bertz CT molecular complexity index is 427. The highest BCUT2D eigenvalue weighted by Crippen LogP contribution is 2.29. The third-order valence-electron chi connectivity index (χ3n) is 3.43. The first-order valence-electron chi connectivity index (χ1n) is 5.94. The molecule has 1 atom stereocenters. The molecule has 1 aliphatic heterocycles. The van der Waals surface area contributed by atoms with E-state index in [0.29, 0.717) is 13.0 Å². The van der Waals surface area contributed by atoms with E-state index >= 15 is 0 Å². The summed E-state index contributed by atoms with van der Waals surface area (Å²) in [5.41, 5.74) is 9.16. The van der Waals surface area contributed by atoms with Gasteiger partial charge in [-0.1, -0.05) is 12.1 Å². The lowest BCUT2D eigenvalue weighted by Gasteiger charge is -2.27. The molecule has 1 aromatic carbocycles. The smallest absolute Gasteiger partial charge is 0.227 e. The second-order valence-corrected chi connectivity index (χ2v) is 4.42. The highest BCUT2D eigenvalue weighted by atomic mass is 16.2. The molecular formula is C13H19N3O. The molecule has 0 bridgehead atoms. The van der Waals surface area contributed by atoms with Gasteiger partial charge < -0.3 is 16.0 Å². The Labute approximate surface area is 102 Å². The first-order chi connectivity index (χ1) is 8.17. The molecule has 1 aliphatic rings. The maximum absolute atomic E-state index is 11.6. The first kappa shape index (κ1) is 12.1. The third-order valence-corrected chi connectivity index (χ3v) is 3.43. The van der Waals surface area contributed by atoms with E-state index < -0.39 is 0 Å². The summed E-state index contributed by atoms with van der Waals surface area (Å²) in [6, 6.07) is 6.40. The van der Waals surface area contributed by atoms with Gasteiger partial charge in [0.25, 0.3) is 0 Å². The van der Waals surface area contributed by atoms with E-state index in [9.17, 15) is 4.79 Å². The first-order valence-corrected chi connectivity index (χ1v) is 5.94. The van der Waals surface area contributed by atoms with Gasteiger partial charge in [-0.25, -0.2) is 0 Å². The van der Waals surface area contributed by atoms with Crippen LogP contribution in [0, 0.1) is 0 Å². The lowest BCUT2D eigenvalue weighted by Crippen LogP contribution is -2.31. The van der Waals surface area contributed by atoms with Crippen LogP contribution in [0.4, 0.5) is 5.69 Å². The fourth-order valence-electron chi connectivity index (χ4n) is 2.31. The number of anilines is 1. The molecule has 0 saturated heterocycles. The zero-order chi connectivity index (χ0) is 12.4. The van der Waals surface area contributed by atoms with Crippen molar-refractivity contribution in [2.75, 3.05) is 25.5 Å². The number of carbonyl (C=O) groups excluding carboxylic acids is 1. The van der Waals surface area contributed by atoms with E-state index in [1.165, 1.54) is 11.1 Å². The topological polar surface area (TPSA) is 58.4 Å². The van der Waals surface area contributed by atoms with Crippen LogP contribution in [0.25, 0.3) is 0 Å². The summed E-state index contributed by atoms with van der Waals surface area (Å²) in [5.74, 6) is 0.189. The number of fused-ring (bicyclic) bond motifs is 1. The van der Waals surface area contributed by atoms with Gasteiger partial charge in [0.05, 0.1) is 0 Å². The SMILES string of the molecule is CNC(CN)c1ccc2c(c1)CCC(=O)N2C. The van der Waals surface area contributed by atoms with Gasteiger partial charge in [-0.3, -0.25) is 4.79 Å². The number of nitrogens with one attached hydrogen (secondary N) is 1. The Morgan fingerprint density at radius 1 is 1.47 bits per heavy atom. The Kier molecular flexibility index (Phi) is 3.45. The van der Waals surface area contributed by atoms with Crippen LogP contribution in [0.5, 0.6) is 0 Å². The van der Waals surface area contributed by atoms with Crippen molar-refractivity contribution in [3.63, 3.8) is 0 Å². The summed E-state index contributed by atoms with van der Waals surface area (Å²) in [4.78, 5) is 13.3. The minimum atomic E-state index is 0.184. The summed E-state index contributed by atoms with van der Waals surface area (Å²) in [5, 5.41) is 3.19. The predicted molar refractivity (Wildman–Crippen MR) is 69.0 cm³/mol. The average molecular weight is 233 g/mol. The molecule has 4 nitrogen and oxygen atoms in total. The van der Waals surface area contributed by atoms with Crippen molar-refractivity contribution in [1.29, 1.82) is 0 Å². The molecule has 0 aliphatic carbocycles. The van der Waals surface area contributed by atoms with Crippen molar-refractivity contribution in [3.05, 3.63) is 29.3 Å². The van der Waals surface area contributed by atoms with Gasteiger partial charge >= 0.3 is 0 Å². The zero-order valence-corrected chi connectivity index (χ0v) is 10.4.